The van der Waals surface area contributed by atoms with E-state index in [4.69, 9.17) is 9.47 Å². The fourth-order valence-corrected chi connectivity index (χ4v) is 2.65. The van der Waals surface area contributed by atoms with Gasteiger partial charge in [0.25, 0.3) is 0 Å². The fraction of sp³-hybridized carbons (Fsp3) is 0.611. The molecule has 5 nitrogen and oxygen atoms in total. The summed E-state index contributed by atoms with van der Waals surface area (Å²) in [6.07, 6.45) is 3.32. The molecular weight excluding hydrogens is 417 g/mol. The summed E-state index contributed by atoms with van der Waals surface area (Å²) in [6.45, 7) is 6.16. The third-order valence-corrected chi connectivity index (χ3v) is 4.02. The number of nitrogens with zero attached hydrogens (tertiary/aromatic N) is 1. The Morgan fingerprint density at radius 1 is 1.29 bits per heavy atom. The molecule has 0 radical (unpaired) electrons. The highest BCUT2D eigenvalue weighted by Crippen LogP contribution is 2.09. The highest BCUT2D eigenvalue weighted by Gasteiger charge is 2.15. The Kier molecular flexibility index (Phi) is 11.0. The summed E-state index contributed by atoms with van der Waals surface area (Å²) >= 11 is 0. The van der Waals surface area contributed by atoms with Crippen molar-refractivity contribution in [3.05, 3.63) is 35.4 Å². The van der Waals surface area contributed by atoms with Crippen molar-refractivity contribution in [3.63, 3.8) is 0 Å². The van der Waals surface area contributed by atoms with E-state index in [1.54, 1.807) is 7.05 Å². The van der Waals surface area contributed by atoms with Crippen LogP contribution in [0.25, 0.3) is 0 Å². The molecule has 2 N–H and O–H groups in total. The van der Waals surface area contributed by atoms with Crippen LogP contribution in [0.2, 0.25) is 0 Å². The van der Waals surface area contributed by atoms with Gasteiger partial charge in [0.05, 0.1) is 12.7 Å². The van der Waals surface area contributed by atoms with Crippen LogP contribution < -0.4 is 10.6 Å². The largest absolute Gasteiger partial charge is 0.379 e. The Morgan fingerprint density at radius 2 is 2.08 bits per heavy atom. The molecule has 24 heavy (non-hydrogen) atoms. The van der Waals surface area contributed by atoms with Gasteiger partial charge in [0.2, 0.25) is 0 Å². The average Bonchev–Trinajstić information content (AvgIpc) is 3.11. The van der Waals surface area contributed by atoms with Crippen LogP contribution in [-0.2, 0) is 22.4 Å². The number of hydrogen-bond acceptors (Lipinski definition) is 3. The van der Waals surface area contributed by atoms with Crippen LogP contribution in [0.1, 0.15) is 30.9 Å². The van der Waals surface area contributed by atoms with Gasteiger partial charge in [0.1, 0.15) is 0 Å². The van der Waals surface area contributed by atoms with Crippen molar-refractivity contribution in [3.8, 4) is 0 Å². The standard InChI is InChI=1S/C18H29N3O2.HI/c1-3-15-7-4-5-8-16(15)13-21-18(19-2)20-10-6-11-23-17-9-12-22-14-17;/h4-5,7-8,17H,3,6,9-14H2,1-2H3,(H2,19,20,21);1H. The lowest BCUT2D eigenvalue weighted by Gasteiger charge is -2.14. The van der Waals surface area contributed by atoms with E-state index < -0.39 is 0 Å². The summed E-state index contributed by atoms with van der Waals surface area (Å²) in [5.74, 6) is 0.833. The van der Waals surface area contributed by atoms with Gasteiger partial charge in [-0.05, 0) is 30.4 Å². The fourth-order valence-electron chi connectivity index (χ4n) is 2.65. The summed E-state index contributed by atoms with van der Waals surface area (Å²) in [4.78, 5) is 4.27. The second-order valence-corrected chi connectivity index (χ2v) is 5.68. The Bertz CT molecular complexity index is 491. The second kappa shape index (κ2) is 12.5. The molecule has 1 aromatic carbocycles. The van der Waals surface area contributed by atoms with Crippen LogP contribution in [0, 0.1) is 0 Å². The van der Waals surface area contributed by atoms with E-state index in [0.29, 0.717) is 0 Å². The molecule has 0 amide bonds. The molecular formula is C18H30IN3O2. The molecule has 136 valence electrons. The first-order valence-electron chi connectivity index (χ1n) is 8.54. The third-order valence-electron chi connectivity index (χ3n) is 4.02. The van der Waals surface area contributed by atoms with Gasteiger partial charge in [-0.25, -0.2) is 0 Å². The summed E-state index contributed by atoms with van der Waals surface area (Å²) in [6, 6.07) is 8.51. The number of rotatable bonds is 8. The monoisotopic (exact) mass is 447 g/mol. The number of aliphatic imine (C=N–C) groups is 1. The minimum Gasteiger partial charge on any atom is -0.379 e. The van der Waals surface area contributed by atoms with Gasteiger partial charge in [-0.1, -0.05) is 31.2 Å². The number of benzene rings is 1. The molecule has 0 spiro atoms. The molecule has 1 heterocycles. The molecule has 1 fully saturated rings. The first kappa shape index (κ1) is 21.2. The van der Waals surface area contributed by atoms with Gasteiger partial charge in [-0.3, -0.25) is 4.99 Å². The third kappa shape index (κ3) is 7.36. The summed E-state index contributed by atoms with van der Waals surface area (Å²) in [7, 11) is 1.80. The van der Waals surface area contributed by atoms with Gasteiger partial charge in [0, 0.05) is 33.4 Å². The van der Waals surface area contributed by atoms with Gasteiger partial charge < -0.3 is 20.1 Å². The Balaban J connectivity index is 0.00000288. The van der Waals surface area contributed by atoms with Crippen molar-refractivity contribution >= 4 is 29.9 Å². The first-order valence-corrected chi connectivity index (χ1v) is 8.54. The van der Waals surface area contributed by atoms with Crippen molar-refractivity contribution in [2.45, 2.75) is 38.8 Å². The molecule has 0 aromatic heterocycles. The van der Waals surface area contributed by atoms with Crippen molar-refractivity contribution in [1.29, 1.82) is 0 Å². The van der Waals surface area contributed by atoms with Crippen LogP contribution in [0.5, 0.6) is 0 Å². The quantitative estimate of drug-likeness (QED) is 0.279. The minimum absolute atomic E-state index is 0. The molecule has 1 aromatic rings. The van der Waals surface area contributed by atoms with Crippen LogP contribution >= 0.6 is 24.0 Å². The maximum atomic E-state index is 5.75. The highest BCUT2D eigenvalue weighted by atomic mass is 127. The zero-order chi connectivity index (χ0) is 16.3. The van der Waals surface area contributed by atoms with Gasteiger partial charge >= 0.3 is 0 Å². The predicted molar refractivity (Wildman–Crippen MR) is 109 cm³/mol. The van der Waals surface area contributed by atoms with Crippen molar-refractivity contribution < 1.29 is 9.47 Å². The van der Waals surface area contributed by atoms with Gasteiger partial charge in [-0.2, -0.15) is 0 Å². The topological polar surface area (TPSA) is 54.9 Å². The van der Waals surface area contributed by atoms with Crippen molar-refractivity contribution in [2.75, 3.05) is 33.4 Å². The van der Waals surface area contributed by atoms with Crippen LogP contribution in [0.3, 0.4) is 0 Å². The Hall–Kier alpha value is -0.860. The number of ether oxygens (including phenoxy) is 2. The summed E-state index contributed by atoms with van der Waals surface area (Å²) < 4.78 is 11.0. The van der Waals surface area contributed by atoms with E-state index in [1.807, 2.05) is 0 Å². The minimum atomic E-state index is 0. The molecule has 0 saturated carbocycles. The highest BCUT2D eigenvalue weighted by molar-refractivity contribution is 14.0. The van der Waals surface area contributed by atoms with Crippen LogP contribution in [0.4, 0.5) is 0 Å². The lowest BCUT2D eigenvalue weighted by atomic mass is 10.1. The van der Waals surface area contributed by atoms with Gasteiger partial charge in [-0.15, -0.1) is 24.0 Å². The molecule has 1 aliphatic rings. The second-order valence-electron chi connectivity index (χ2n) is 5.68. The van der Waals surface area contributed by atoms with E-state index in [1.165, 1.54) is 11.1 Å². The smallest absolute Gasteiger partial charge is 0.191 e. The molecule has 0 bridgehead atoms. The predicted octanol–water partition coefficient (Wildman–Crippen LogP) is 2.73. The molecule has 1 aliphatic heterocycles. The van der Waals surface area contributed by atoms with E-state index in [9.17, 15) is 0 Å². The molecule has 0 aliphatic carbocycles. The van der Waals surface area contributed by atoms with Crippen molar-refractivity contribution in [2.24, 2.45) is 4.99 Å². The number of halogens is 1. The zero-order valence-corrected chi connectivity index (χ0v) is 17.0. The van der Waals surface area contributed by atoms with E-state index in [2.05, 4.69) is 46.8 Å². The van der Waals surface area contributed by atoms with Crippen LogP contribution in [-0.4, -0.2) is 45.5 Å². The lowest BCUT2D eigenvalue weighted by molar-refractivity contribution is 0.0420. The first-order chi connectivity index (χ1) is 11.3. The summed E-state index contributed by atoms with van der Waals surface area (Å²) in [5, 5.41) is 6.70. The number of hydrogen-bond donors (Lipinski definition) is 2. The van der Waals surface area contributed by atoms with Crippen molar-refractivity contribution in [1.82, 2.24) is 10.6 Å². The maximum absolute atomic E-state index is 5.75. The normalized spacial score (nSPS) is 17.4. The lowest BCUT2D eigenvalue weighted by Crippen LogP contribution is -2.37. The average molecular weight is 447 g/mol. The van der Waals surface area contributed by atoms with E-state index in [-0.39, 0.29) is 30.1 Å². The molecule has 1 saturated heterocycles. The number of nitrogens with one attached hydrogen (secondary N) is 2. The molecule has 6 heteroatoms. The zero-order valence-electron chi connectivity index (χ0n) is 14.7. The van der Waals surface area contributed by atoms with E-state index in [0.717, 1.165) is 58.1 Å². The number of guanidine groups is 1. The number of aryl methyl sites for hydroxylation is 1. The molecule has 1 unspecified atom stereocenters. The molecule has 2 rings (SSSR count). The SMILES string of the molecule is CCc1ccccc1CNC(=NC)NCCCOC1CCOC1.I. The van der Waals surface area contributed by atoms with Crippen LogP contribution in [0.15, 0.2) is 29.3 Å². The van der Waals surface area contributed by atoms with Gasteiger partial charge in [0.15, 0.2) is 5.96 Å². The molecule has 1 atom stereocenters. The van der Waals surface area contributed by atoms with E-state index >= 15 is 0 Å². The Labute approximate surface area is 162 Å². The summed E-state index contributed by atoms with van der Waals surface area (Å²) in [5.41, 5.74) is 2.70. The maximum Gasteiger partial charge on any atom is 0.191 e. The Morgan fingerprint density at radius 3 is 2.75 bits per heavy atom.